The quantitative estimate of drug-likeness (QED) is 0.909. The molecule has 7 nitrogen and oxygen atoms in total. The summed E-state index contributed by atoms with van der Waals surface area (Å²) in [7, 11) is -3.94. The molecule has 0 aliphatic heterocycles. The molecule has 0 atom stereocenters. The third-order valence-electron chi connectivity index (χ3n) is 2.79. The summed E-state index contributed by atoms with van der Waals surface area (Å²) in [5.41, 5.74) is 1.19. The topological polar surface area (TPSA) is 115 Å². The van der Waals surface area contributed by atoms with E-state index >= 15 is 0 Å². The van der Waals surface area contributed by atoms with Crippen LogP contribution in [0.15, 0.2) is 29.4 Å². The van der Waals surface area contributed by atoms with Crippen LogP contribution in [-0.4, -0.2) is 23.2 Å². The van der Waals surface area contributed by atoms with Gasteiger partial charge in [-0.05, 0) is 30.2 Å². The van der Waals surface area contributed by atoms with Crippen molar-refractivity contribution in [3.63, 3.8) is 0 Å². The van der Waals surface area contributed by atoms with Crippen LogP contribution in [0.4, 0.5) is 0 Å². The van der Waals surface area contributed by atoms with E-state index in [1.54, 1.807) is 24.3 Å². The molecule has 2 aromatic rings. The molecule has 0 saturated carbocycles. The molecule has 8 heteroatoms. The number of sulfonamides is 1. The van der Waals surface area contributed by atoms with Crippen molar-refractivity contribution < 1.29 is 8.42 Å². The van der Waals surface area contributed by atoms with Gasteiger partial charge >= 0.3 is 0 Å². The summed E-state index contributed by atoms with van der Waals surface area (Å²) in [4.78, 5) is 0. The van der Waals surface area contributed by atoms with Gasteiger partial charge in [0.15, 0.2) is 5.82 Å². The molecule has 0 aliphatic carbocycles. The van der Waals surface area contributed by atoms with E-state index in [9.17, 15) is 8.42 Å². The largest absolute Gasteiger partial charge is 0.296 e. The molecular formula is C13H15N5O2S. The van der Waals surface area contributed by atoms with Crippen LogP contribution in [0.25, 0.3) is 11.4 Å². The van der Waals surface area contributed by atoms with E-state index in [-0.39, 0.29) is 11.1 Å². The van der Waals surface area contributed by atoms with Crippen molar-refractivity contribution in [1.82, 2.24) is 14.8 Å². The maximum absolute atomic E-state index is 11.6. The van der Waals surface area contributed by atoms with Crippen molar-refractivity contribution in [3.8, 4) is 17.5 Å². The number of rotatable bonds is 4. The van der Waals surface area contributed by atoms with Gasteiger partial charge in [-0.1, -0.05) is 13.8 Å². The summed E-state index contributed by atoms with van der Waals surface area (Å²) in [5, 5.41) is 21.4. The molecule has 110 valence electrons. The summed E-state index contributed by atoms with van der Waals surface area (Å²) in [6.07, 6.45) is 0. The first-order valence-electron chi connectivity index (χ1n) is 6.29. The standard InChI is InChI=1S/C13H15N5O2S/c1-9(2)8-18-12(16-17-13(18)21(15,19)20)11-5-3-10(7-14)4-6-11/h3-6,9H,8H2,1-2H3,(H2,15,19,20). The molecule has 0 saturated heterocycles. The minimum atomic E-state index is -3.94. The molecule has 0 spiro atoms. The number of nitriles is 1. The minimum absolute atomic E-state index is 0.193. The monoisotopic (exact) mass is 305 g/mol. The fourth-order valence-electron chi connectivity index (χ4n) is 1.94. The van der Waals surface area contributed by atoms with E-state index in [0.717, 1.165) is 0 Å². The van der Waals surface area contributed by atoms with Crippen LogP contribution in [0.1, 0.15) is 19.4 Å². The number of hydrogen-bond donors (Lipinski definition) is 1. The Labute approximate surface area is 123 Å². The summed E-state index contributed by atoms with van der Waals surface area (Å²) < 4.78 is 24.7. The van der Waals surface area contributed by atoms with Gasteiger partial charge in [0.25, 0.3) is 15.2 Å². The normalized spacial score (nSPS) is 11.6. The average molecular weight is 305 g/mol. The lowest BCUT2D eigenvalue weighted by molar-refractivity contribution is 0.486. The van der Waals surface area contributed by atoms with Crippen LogP contribution in [0.5, 0.6) is 0 Å². The van der Waals surface area contributed by atoms with E-state index in [2.05, 4.69) is 10.2 Å². The van der Waals surface area contributed by atoms with Gasteiger partial charge in [0, 0.05) is 12.1 Å². The lowest BCUT2D eigenvalue weighted by Crippen LogP contribution is -2.20. The Morgan fingerprint density at radius 3 is 2.38 bits per heavy atom. The van der Waals surface area contributed by atoms with Gasteiger partial charge in [-0.25, -0.2) is 13.6 Å². The second kappa shape index (κ2) is 5.63. The molecule has 0 bridgehead atoms. The van der Waals surface area contributed by atoms with Crippen LogP contribution in [-0.2, 0) is 16.6 Å². The Bertz CT molecular complexity index is 785. The molecule has 21 heavy (non-hydrogen) atoms. The molecule has 0 unspecified atom stereocenters. The number of primary sulfonamides is 1. The zero-order valence-electron chi connectivity index (χ0n) is 11.7. The molecule has 2 rings (SSSR count). The number of nitrogens with two attached hydrogens (primary N) is 1. The SMILES string of the molecule is CC(C)Cn1c(-c2ccc(C#N)cc2)nnc1S(N)(=O)=O. The number of benzene rings is 1. The summed E-state index contributed by atoms with van der Waals surface area (Å²) >= 11 is 0. The second-order valence-corrected chi connectivity index (χ2v) is 6.50. The number of aromatic nitrogens is 3. The molecule has 0 radical (unpaired) electrons. The number of hydrogen-bond acceptors (Lipinski definition) is 5. The molecule has 0 amide bonds. The van der Waals surface area contributed by atoms with Gasteiger partial charge in [0.05, 0.1) is 11.6 Å². The maximum Gasteiger partial charge on any atom is 0.273 e. The van der Waals surface area contributed by atoms with E-state index < -0.39 is 10.0 Å². The zero-order chi connectivity index (χ0) is 15.6. The molecule has 1 aromatic carbocycles. The summed E-state index contributed by atoms with van der Waals surface area (Å²) in [6, 6.07) is 8.70. The van der Waals surface area contributed by atoms with Gasteiger partial charge in [-0.2, -0.15) is 5.26 Å². The lowest BCUT2D eigenvalue weighted by atomic mass is 10.1. The smallest absolute Gasteiger partial charge is 0.273 e. The first-order valence-corrected chi connectivity index (χ1v) is 7.84. The van der Waals surface area contributed by atoms with Crippen molar-refractivity contribution in [1.29, 1.82) is 5.26 Å². The van der Waals surface area contributed by atoms with E-state index in [1.165, 1.54) is 4.57 Å². The zero-order valence-corrected chi connectivity index (χ0v) is 12.5. The predicted molar refractivity (Wildman–Crippen MR) is 76.4 cm³/mol. The fraction of sp³-hybridized carbons (Fsp3) is 0.308. The molecular weight excluding hydrogens is 290 g/mol. The Morgan fingerprint density at radius 1 is 1.29 bits per heavy atom. The molecule has 0 fully saturated rings. The Kier molecular flexibility index (Phi) is 4.06. The first kappa shape index (κ1) is 15.2. The van der Waals surface area contributed by atoms with Crippen LogP contribution in [0, 0.1) is 17.2 Å². The highest BCUT2D eigenvalue weighted by Gasteiger charge is 2.22. The Hall–Kier alpha value is -2.24. The van der Waals surface area contributed by atoms with Crippen molar-refractivity contribution in [2.24, 2.45) is 11.1 Å². The highest BCUT2D eigenvalue weighted by atomic mass is 32.2. The number of nitrogens with zero attached hydrogens (tertiary/aromatic N) is 4. The molecule has 2 N–H and O–H groups in total. The molecule has 1 heterocycles. The lowest BCUT2D eigenvalue weighted by Gasteiger charge is -2.11. The van der Waals surface area contributed by atoms with Gasteiger partial charge < -0.3 is 0 Å². The van der Waals surface area contributed by atoms with Crippen LogP contribution in [0.2, 0.25) is 0 Å². The van der Waals surface area contributed by atoms with Gasteiger partial charge in [-0.3, -0.25) is 4.57 Å². The van der Waals surface area contributed by atoms with Crippen LogP contribution < -0.4 is 5.14 Å². The third kappa shape index (κ3) is 3.26. The van der Waals surface area contributed by atoms with Crippen LogP contribution >= 0.6 is 0 Å². The Balaban J connectivity index is 2.58. The maximum atomic E-state index is 11.6. The van der Waals surface area contributed by atoms with Crippen LogP contribution in [0.3, 0.4) is 0 Å². The fourth-order valence-corrected chi connectivity index (χ4v) is 2.56. The van der Waals surface area contributed by atoms with Crippen molar-refractivity contribution in [3.05, 3.63) is 29.8 Å². The second-order valence-electron chi connectivity index (χ2n) is 5.04. The summed E-state index contributed by atoms with van der Waals surface area (Å²) in [6.45, 7) is 4.33. The van der Waals surface area contributed by atoms with Crippen molar-refractivity contribution >= 4 is 10.0 Å². The van der Waals surface area contributed by atoms with E-state index in [0.29, 0.717) is 23.5 Å². The minimum Gasteiger partial charge on any atom is -0.296 e. The predicted octanol–water partition coefficient (Wildman–Crippen LogP) is 1.12. The molecule has 1 aromatic heterocycles. The van der Waals surface area contributed by atoms with Gasteiger partial charge in [-0.15, -0.1) is 10.2 Å². The van der Waals surface area contributed by atoms with E-state index in [1.807, 2.05) is 19.9 Å². The average Bonchev–Trinajstić information content (AvgIpc) is 2.81. The summed E-state index contributed by atoms with van der Waals surface area (Å²) in [5.74, 6) is 0.607. The van der Waals surface area contributed by atoms with Crippen molar-refractivity contribution in [2.45, 2.75) is 25.5 Å². The van der Waals surface area contributed by atoms with Gasteiger partial charge in [0.2, 0.25) is 0 Å². The highest BCUT2D eigenvalue weighted by Crippen LogP contribution is 2.21. The van der Waals surface area contributed by atoms with E-state index in [4.69, 9.17) is 10.4 Å². The third-order valence-corrected chi connectivity index (χ3v) is 3.60. The highest BCUT2D eigenvalue weighted by molar-refractivity contribution is 7.89. The van der Waals surface area contributed by atoms with Gasteiger partial charge in [0.1, 0.15) is 0 Å². The first-order chi connectivity index (χ1) is 9.82. The molecule has 0 aliphatic rings. The Morgan fingerprint density at radius 2 is 1.90 bits per heavy atom. The van der Waals surface area contributed by atoms with Crippen molar-refractivity contribution in [2.75, 3.05) is 0 Å².